The van der Waals surface area contributed by atoms with Crippen LogP contribution in [0, 0.1) is 11.3 Å². The van der Waals surface area contributed by atoms with Crippen LogP contribution >= 0.6 is 0 Å². The van der Waals surface area contributed by atoms with Gasteiger partial charge in [0.05, 0.1) is 5.41 Å². The normalized spacial score (nSPS) is 23.1. The minimum atomic E-state index is -0.757. The summed E-state index contributed by atoms with van der Waals surface area (Å²) in [5.74, 6) is -0.510. The SMILES string of the molecule is CCCC(CCC)C(=O)N1CCC(CC)(C(=O)O)C1. The first-order valence-electron chi connectivity index (χ1n) is 7.53. The summed E-state index contributed by atoms with van der Waals surface area (Å²) < 4.78 is 0. The molecule has 1 saturated heterocycles. The van der Waals surface area contributed by atoms with Gasteiger partial charge in [-0.1, -0.05) is 33.6 Å². The molecule has 1 fully saturated rings. The van der Waals surface area contributed by atoms with Crippen molar-refractivity contribution < 1.29 is 14.7 Å². The maximum absolute atomic E-state index is 12.5. The van der Waals surface area contributed by atoms with Crippen LogP contribution in [-0.4, -0.2) is 35.0 Å². The van der Waals surface area contributed by atoms with Crippen LogP contribution in [0.2, 0.25) is 0 Å². The molecule has 1 rings (SSSR count). The van der Waals surface area contributed by atoms with Gasteiger partial charge in [-0.25, -0.2) is 0 Å². The van der Waals surface area contributed by atoms with Crippen LogP contribution in [0.15, 0.2) is 0 Å². The molecule has 0 aromatic rings. The number of carbonyl (C=O) groups is 2. The number of likely N-dealkylation sites (tertiary alicyclic amines) is 1. The van der Waals surface area contributed by atoms with E-state index in [9.17, 15) is 14.7 Å². The summed E-state index contributed by atoms with van der Waals surface area (Å²) in [6, 6.07) is 0. The molecule has 0 spiro atoms. The van der Waals surface area contributed by atoms with Crippen molar-refractivity contribution in [2.75, 3.05) is 13.1 Å². The van der Waals surface area contributed by atoms with Crippen LogP contribution in [0.5, 0.6) is 0 Å². The fourth-order valence-corrected chi connectivity index (χ4v) is 3.02. The van der Waals surface area contributed by atoms with Crippen molar-refractivity contribution in [3.05, 3.63) is 0 Å². The van der Waals surface area contributed by atoms with E-state index >= 15 is 0 Å². The molecule has 4 nitrogen and oxygen atoms in total. The summed E-state index contributed by atoms with van der Waals surface area (Å²) in [4.78, 5) is 25.7. The molecule has 0 aromatic carbocycles. The van der Waals surface area contributed by atoms with Gasteiger partial charge < -0.3 is 10.0 Å². The Morgan fingerprint density at radius 2 is 1.79 bits per heavy atom. The summed E-state index contributed by atoms with van der Waals surface area (Å²) >= 11 is 0. The Morgan fingerprint density at radius 3 is 2.16 bits per heavy atom. The molecule has 110 valence electrons. The molecule has 1 aliphatic rings. The van der Waals surface area contributed by atoms with E-state index in [0.717, 1.165) is 25.7 Å². The highest BCUT2D eigenvalue weighted by Crippen LogP contribution is 2.35. The van der Waals surface area contributed by atoms with Crippen LogP contribution in [0.1, 0.15) is 59.3 Å². The summed E-state index contributed by atoms with van der Waals surface area (Å²) in [7, 11) is 0. The lowest BCUT2D eigenvalue weighted by Crippen LogP contribution is -2.39. The van der Waals surface area contributed by atoms with Crippen molar-refractivity contribution in [1.29, 1.82) is 0 Å². The molecule has 0 bridgehead atoms. The zero-order chi connectivity index (χ0) is 14.5. The van der Waals surface area contributed by atoms with Crippen LogP contribution in [0.25, 0.3) is 0 Å². The van der Waals surface area contributed by atoms with Gasteiger partial charge in [-0.2, -0.15) is 0 Å². The summed E-state index contributed by atoms with van der Waals surface area (Å²) in [6.07, 6.45) is 5.02. The molecule has 1 heterocycles. The Balaban J connectivity index is 2.71. The molecular weight excluding hydrogens is 242 g/mol. The Kier molecular flexibility index (Phi) is 5.83. The average Bonchev–Trinajstić information content (AvgIpc) is 2.83. The fraction of sp³-hybridized carbons (Fsp3) is 0.867. The lowest BCUT2D eigenvalue weighted by Gasteiger charge is -2.26. The molecule has 19 heavy (non-hydrogen) atoms. The third-order valence-electron chi connectivity index (χ3n) is 4.42. The molecular formula is C15H27NO3. The Bertz CT molecular complexity index is 323. The van der Waals surface area contributed by atoms with Crippen LogP contribution in [0.3, 0.4) is 0 Å². The zero-order valence-electron chi connectivity index (χ0n) is 12.4. The highest BCUT2D eigenvalue weighted by Gasteiger charge is 2.45. The van der Waals surface area contributed by atoms with Crippen LogP contribution in [-0.2, 0) is 9.59 Å². The summed E-state index contributed by atoms with van der Waals surface area (Å²) in [5, 5.41) is 9.37. The van der Waals surface area contributed by atoms with Crippen molar-refractivity contribution in [3.63, 3.8) is 0 Å². The standard InChI is InChI=1S/C15H27NO3/c1-4-7-12(8-5-2)13(17)16-10-9-15(6-3,11-16)14(18)19/h12H,4-11H2,1-3H3,(H,18,19). The van der Waals surface area contributed by atoms with E-state index in [2.05, 4.69) is 13.8 Å². The first-order valence-corrected chi connectivity index (χ1v) is 7.53. The van der Waals surface area contributed by atoms with E-state index in [-0.39, 0.29) is 11.8 Å². The van der Waals surface area contributed by atoms with Crippen molar-refractivity contribution in [3.8, 4) is 0 Å². The van der Waals surface area contributed by atoms with Gasteiger partial charge in [0.25, 0.3) is 0 Å². The molecule has 0 radical (unpaired) electrons. The largest absolute Gasteiger partial charge is 0.481 e. The topological polar surface area (TPSA) is 57.6 Å². The van der Waals surface area contributed by atoms with Gasteiger partial charge in [0.2, 0.25) is 5.91 Å². The second-order valence-electron chi connectivity index (χ2n) is 5.72. The predicted octanol–water partition coefficient (Wildman–Crippen LogP) is 2.92. The highest BCUT2D eigenvalue weighted by molar-refractivity contribution is 5.82. The van der Waals surface area contributed by atoms with E-state index in [1.807, 2.05) is 6.92 Å². The van der Waals surface area contributed by atoms with E-state index in [4.69, 9.17) is 0 Å². The van der Waals surface area contributed by atoms with Gasteiger partial charge >= 0.3 is 5.97 Å². The molecule has 1 amide bonds. The highest BCUT2D eigenvalue weighted by atomic mass is 16.4. The predicted molar refractivity (Wildman–Crippen MR) is 74.9 cm³/mol. The van der Waals surface area contributed by atoms with Gasteiger partial charge in [-0.3, -0.25) is 9.59 Å². The first-order chi connectivity index (χ1) is 9.00. The number of aliphatic carboxylic acids is 1. The third kappa shape index (κ3) is 3.48. The molecule has 1 N–H and O–H groups in total. The van der Waals surface area contributed by atoms with E-state index in [1.54, 1.807) is 4.90 Å². The minimum Gasteiger partial charge on any atom is -0.481 e. The van der Waals surface area contributed by atoms with Crippen molar-refractivity contribution in [1.82, 2.24) is 4.90 Å². The summed E-state index contributed by atoms with van der Waals surface area (Å²) in [5.41, 5.74) is -0.710. The molecule has 0 aromatic heterocycles. The molecule has 1 aliphatic heterocycles. The number of carboxylic acids is 1. The fourth-order valence-electron chi connectivity index (χ4n) is 3.02. The average molecular weight is 269 g/mol. The molecule has 1 unspecified atom stereocenters. The van der Waals surface area contributed by atoms with Gasteiger partial charge in [0, 0.05) is 19.0 Å². The van der Waals surface area contributed by atoms with E-state index in [0.29, 0.717) is 25.9 Å². The van der Waals surface area contributed by atoms with Crippen LogP contribution < -0.4 is 0 Å². The zero-order valence-corrected chi connectivity index (χ0v) is 12.4. The number of nitrogens with zero attached hydrogens (tertiary/aromatic N) is 1. The monoisotopic (exact) mass is 269 g/mol. The summed E-state index contributed by atoms with van der Waals surface area (Å²) in [6.45, 7) is 7.07. The van der Waals surface area contributed by atoms with Gasteiger partial charge in [-0.05, 0) is 25.7 Å². The van der Waals surface area contributed by atoms with Gasteiger partial charge in [-0.15, -0.1) is 0 Å². The van der Waals surface area contributed by atoms with E-state index in [1.165, 1.54) is 0 Å². The molecule has 1 atom stereocenters. The number of rotatable bonds is 7. The third-order valence-corrected chi connectivity index (χ3v) is 4.42. The number of carbonyl (C=O) groups excluding carboxylic acids is 1. The number of hydrogen-bond donors (Lipinski definition) is 1. The van der Waals surface area contributed by atoms with Gasteiger partial charge in [0.15, 0.2) is 0 Å². The Labute approximate surface area is 116 Å². The molecule has 0 saturated carbocycles. The van der Waals surface area contributed by atoms with Crippen LogP contribution in [0.4, 0.5) is 0 Å². The Morgan fingerprint density at radius 1 is 1.21 bits per heavy atom. The van der Waals surface area contributed by atoms with E-state index < -0.39 is 11.4 Å². The van der Waals surface area contributed by atoms with Crippen molar-refractivity contribution >= 4 is 11.9 Å². The lowest BCUT2D eigenvalue weighted by atomic mass is 9.84. The Hall–Kier alpha value is -1.06. The number of amides is 1. The second kappa shape index (κ2) is 6.92. The molecule has 0 aliphatic carbocycles. The van der Waals surface area contributed by atoms with Crippen molar-refractivity contribution in [2.45, 2.75) is 59.3 Å². The first kappa shape index (κ1) is 16.0. The van der Waals surface area contributed by atoms with Crippen molar-refractivity contribution in [2.24, 2.45) is 11.3 Å². The lowest BCUT2D eigenvalue weighted by molar-refractivity contribution is -0.149. The minimum absolute atomic E-state index is 0.0800. The quantitative estimate of drug-likeness (QED) is 0.773. The maximum atomic E-state index is 12.5. The van der Waals surface area contributed by atoms with Gasteiger partial charge in [0.1, 0.15) is 0 Å². The number of hydrogen-bond acceptors (Lipinski definition) is 2. The molecule has 4 heteroatoms. The number of carboxylic acid groups (broad SMARTS) is 1. The smallest absolute Gasteiger partial charge is 0.311 e. The maximum Gasteiger partial charge on any atom is 0.311 e. The second-order valence-corrected chi connectivity index (χ2v) is 5.72.